The average Bonchev–Trinajstić information content (AvgIpc) is 3.09. The molecular formula is C19H22ClN3O. The molecule has 2 heterocycles. The molecule has 1 aromatic carbocycles. The van der Waals surface area contributed by atoms with Gasteiger partial charge >= 0.3 is 0 Å². The van der Waals surface area contributed by atoms with Crippen LogP contribution >= 0.6 is 12.4 Å². The summed E-state index contributed by atoms with van der Waals surface area (Å²) in [6.07, 6.45) is 7.09. The SMILES string of the molecule is Cl.O=C(c1ccc2c(c1)CCC2)N1CCNCC1c1cccnc1. The number of nitrogens with one attached hydrogen (secondary N) is 1. The molecule has 1 atom stereocenters. The molecule has 0 radical (unpaired) electrons. The molecule has 0 bridgehead atoms. The van der Waals surface area contributed by atoms with Crippen LogP contribution in [0.15, 0.2) is 42.7 Å². The second-order valence-corrected chi connectivity index (χ2v) is 6.34. The minimum atomic E-state index is 0. The van der Waals surface area contributed by atoms with Crippen molar-refractivity contribution < 1.29 is 4.79 Å². The fourth-order valence-corrected chi connectivity index (χ4v) is 3.69. The summed E-state index contributed by atoms with van der Waals surface area (Å²) in [5.41, 5.74) is 4.67. The maximum atomic E-state index is 13.1. The quantitative estimate of drug-likeness (QED) is 0.912. The van der Waals surface area contributed by atoms with Gasteiger partial charge in [0.05, 0.1) is 6.04 Å². The number of carbonyl (C=O) groups is 1. The lowest BCUT2D eigenvalue weighted by Gasteiger charge is -2.36. The molecule has 5 heteroatoms. The molecule has 1 amide bonds. The smallest absolute Gasteiger partial charge is 0.254 e. The van der Waals surface area contributed by atoms with Crippen molar-refractivity contribution in [1.29, 1.82) is 0 Å². The van der Waals surface area contributed by atoms with Crippen LogP contribution in [0.25, 0.3) is 0 Å². The van der Waals surface area contributed by atoms with Crippen molar-refractivity contribution in [3.05, 3.63) is 65.0 Å². The number of hydrogen-bond donors (Lipinski definition) is 1. The van der Waals surface area contributed by atoms with Crippen molar-refractivity contribution in [2.75, 3.05) is 19.6 Å². The third-order valence-electron chi connectivity index (χ3n) is 4.92. The molecule has 1 aliphatic carbocycles. The maximum Gasteiger partial charge on any atom is 0.254 e. The van der Waals surface area contributed by atoms with Crippen LogP contribution < -0.4 is 5.32 Å². The summed E-state index contributed by atoms with van der Waals surface area (Å²) in [5, 5.41) is 3.39. The second kappa shape index (κ2) is 7.32. The number of benzene rings is 1. The average molecular weight is 344 g/mol. The van der Waals surface area contributed by atoms with E-state index in [2.05, 4.69) is 22.4 Å². The Labute approximate surface area is 148 Å². The van der Waals surface area contributed by atoms with Crippen LogP contribution in [-0.4, -0.2) is 35.4 Å². The van der Waals surface area contributed by atoms with E-state index in [9.17, 15) is 4.79 Å². The zero-order chi connectivity index (χ0) is 15.6. The lowest BCUT2D eigenvalue weighted by atomic mass is 10.0. The van der Waals surface area contributed by atoms with Crippen molar-refractivity contribution in [3.63, 3.8) is 0 Å². The molecule has 126 valence electrons. The van der Waals surface area contributed by atoms with Gasteiger partial charge in [0.1, 0.15) is 0 Å². The van der Waals surface area contributed by atoms with Crippen LogP contribution in [0.5, 0.6) is 0 Å². The Hall–Kier alpha value is -1.91. The van der Waals surface area contributed by atoms with Crippen molar-refractivity contribution in [2.45, 2.75) is 25.3 Å². The molecule has 0 spiro atoms. The number of fused-ring (bicyclic) bond motifs is 1. The Bertz CT molecular complexity index is 720. The molecule has 2 aromatic rings. The van der Waals surface area contributed by atoms with E-state index in [0.29, 0.717) is 0 Å². The van der Waals surface area contributed by atoms with Gasteiger partial charge in [-0.2, -0.15) is 0 Å². The molecular weight excluding hydrogens is 322 g/mol. The summed E-state index contributed by atoms with van der Waals surface area (Å²) in [4.78, 5) is 19.3. The van der Waals surface area contributed by atoms with Crippen molar-refractivity contribution in [3.8, 4) is 0 Å². The molecule has 0 saturated carbocycles. The summed E-state index contributed by atoms with van der Waals surface area (Å²) >= 11 is 0. The molecule has 1 fully saturated rings. The van der Waals surface area contributed by atoms with Crippen molar-refractivity contribution in [2.24, 2.45) is 0 Å². The summed E-state index contributed by atoms with van der Waals surface area (Å²) in [6, 6.07) is 10.3. The molecule has 1 saturated heterocycles. The molecule has 4 rings (SSSR count). The van der Waals surface area contributed by atoms with Gasteiger partial charge in [-0.3, -0.25) is 9.78 Å². The van der Waals surface area contributed by atoms with Crippen LogP contribution in [-0.2, 0) is 12.8 Å². The Kier molecular flexibility index (Phi) is 5.17. The molecule has 1 N–H and O–H groups in total. The Morgan fingerprint density at radius 1 is 1.21 bits per heavy atom. The third-order valence-corrected chi connectivity index (χ3v) is 4.92. The highest BCUT2D eigenvalue weighted by Crippen LogP contribution is 2.27. The van der Waals surface area contributed by atoms with E-state index in [1.165, 1.54) is 17.5 Å². The highest BCUT2D eigenvalue weighted by Gasteiger charge is 2.29. The number of piperazine rings is 1. The zero-order valence-corrected chi connectivity index (χ0v) is 14.4. The van der Waals surface area contributed by atoms with Gasteiger partial charge in [-0.05, 0) is 54.2 Å². The van der Waals surface area contributed by atoms with E-state index < -0.39 is 0 Å². The van der Waals surface area contributed by atoms with Crippen molar-refractivity contribution in [1.82, 2.24) is 15.2 Å². The third kappa shape index (κ3) is 3.17. The number of halogens is 1. The molecule has 1 aliphatic heterocycles. The number of hydrogen-bond acceptors (Lipinski definition) is 3. The van der Waals surface area contributed by atoms with Crippen LogP contribution in [0.1, 0.15) is 39.5 Å². The first kappa shape index (κ1) is 16.9. The molecule has 4 nitrogen and oxygen atoms in total. The minimum Gasteiger partial charge on any atom is -0.329 e. The van der Waals surface area contributed by atoms with Crippen molar-refractivity contribution >= 4 is 18.3 Å². The van der Waals surface area contributed by atoms with Gasteiger partial charge in [-0.25, -0.2) is 0 Å². The van der Waals surface area contributed by atoms with E-state index in [4.69, 9.17) is 0 Å². The lowest BCUT2D eigenvalue weighted by molar-refractivity contribution is 0.0634. The van der Waals surface area contributed by atoms with Gasteiger partial charge in [0.25, 0.3) is 5.91 Å². The Morgan fingerprint density at radius 3 is 2.92 bits per heavy atom. The number of nitrogens with zero attached hydrogens (tertiary/aromatic N) is 2. The van der Waals surface area contributed by atoms with Gasteiger partial charge in [0.2, 0.25) is 0 Å². The summed E-state index contributed by atoms with van der Waals surface area (Å²) in [5.74, 6) is 0.134. The number of carbonyl (C=O) groups excluding carboxylic acids is 1. The topological polar surface area (TPSA) is 45.2 Å². The maximum absolute atomic E-state index is 13.1. The van der Waals surface area contributed by atoms with Gasteiger partial charge in [0.15, 0.2) is 0 Å². The molecule has 2 aliphatic rings. The van der Waals surface area contributed by atoms with Crippen LogP contribution in [0.4, 0.5) is 0 Å². The fourth-order valence-electron chi connectivity index (χ4n) is 3.69. The highest BCUT2D eigenvalue weighted by atomic mass is 35.5. The van der Waals surface area contributed by atoms with Gasteiger partial charge < -0.3 is 10.2 Å². The summed E-state index contributed by atoms with van der Waals surface area (Å²) < 4.78 is 0. The van der Waals surface area contributed by atoms with Crippen LogP contribution in [0.2, 0.25) is 0 Å². The van der Waals surface area contributed by atoms with E-state index >= 15 is 0 Å². The fraction of sp³-hybridized carbons (Fsp3) is 0.368. The standard InChI is InChI=1S/C19H21N3O.ClH/c23-19(16-7-6-14-3-1-4-15(14)11-16)22-10-9-21-13-18(22)17-5-2-8-20-12-17;/h2,5-8,11-12,18,21H,1,3-4,9-10,13H2;1H. The van der Waals surface area contributed by atoms with E-state index in [1.54, 1.807) is 6.20 Å². The summed E-state index contributed by atoms with van der Waals surface area (Å²) in [7, 11) is 0. The first-order chi connectivity index (χ1) is 11.3. The second-order valence-electron chi connectivity index (χ2n) is 6.34. The highest BCUT2D eigenvalue weighted by molar-refractivity contribution is 5.95. The number of aromatic nitrogens is 1. The zero-order valence-electron chi connectivity index (χ0n) is 13.6. The van der Waals surface area contributed by atoms with Gasteiger partial charge in [-0.15, -0.1) is 12.4 Å². The monoisotopic (exact) mass is 343 g/mol. The first-order valence-corrected chi connectivity index (χ1v) is 8.36. The number of pyridine rings is 1. The van der Waals surface area contributed by atoms with Crippen LogP contribution in [0, 0.1) is 0 Å². The molecule has 24 heavy (non-hydrogen) atoms. The Balaban J connectivity index is 0.00000169. The van der Waals surface area contributed by atoms with E-state index in [-0.39, 0.29) is 24.4 Å². The first-order valence-electron chi connectivity index (χ1n) is 8.36. The largest absolute Gasteiger partial charge is 0.329 e. The predicted molar refractivity (Wildman–Crippen MR) is 96.6 cm³/mol. The summed E-state index contributed by atoms with van der Waals surface area (Å²) in [6.45, 7) is 2.35. The minimum absolute atomic E-state index is 0. The van der Waals surface area contributed by atoms with E-state index in [1.807, 2.05) is 29.3 Å². The van der Waals surface area contributed by atoms with Gasteiger partial charge in [0, 0.05) is 37.6 Å². The Morgan fingerprint density at radius 2 is 2.08 bits per heavy atom. The number of aryl methyl sites for hydroxylation is 2. The number of rotatable bonds is 2. The normalized spacial score (nSPS) is 19.5. The van der Waals surface area contributed by atoms with E-state index in [0.717, 1.165) is 43.6 Å². The van der Waals surface area contributed by atoms with Crippen LogP contribution in [0.3, 0.4) is 0 Å². The molecule has 1 aromatic heterocycles. The lowest BCUT2D eigenvalue weighted by Crippen LogP contribution is -2.48. The van der Waals surface area contributed by atoms with Gasteiger partial charge in [-0.1, -0.05) is 12.1 Å². The molecule has 1 unspecified atom stereocenters. The number of amides is 1. The predicted octanol–water partition coefficient (Wildman–Crippen LogP) is 2.78.